The summed E-state index contributed by atoms with van der Waals surface area (Å²) in [4.78, 5) is 6.72. The number of hydrogen-bond donors (Lipinski definition) is 0. The van der Waals surface area contributed by atoms with Crippen LogP contribution in [-0.4, -0.2) is 36.7 Å². The molecule has 0 bridgehead atoms. The van der Waals surface area contributed by atoms with Gasteiger partial charge in [-0.1, -0.05) is 12.1 Å². The van der Waals surface area contributed by atoms with Crippen LogP contribution in [0.2, 0.25) is 0 Å². The fraction of sp³-hybridized carbons (Fsp3) is 0.450. The molecule has 0 atom stereocenters. The van der Waals surface area contributed by atoms with Gasteiger partial charge >= 0.3 is 0 Å². The number of ether oxygens (including phenoxy) is 2. The Hall–Kier alpha value is -1.91. The highest BCUT2D eigenvalue weighted by atomic mass is 16.5. The third-order valence-corrected chi connectivity index (χ3v) is 5.35. The second-order valence-electron chi connectivity index (χ2n) is 6.75. The van der Waals surface area contributed by atoms with Gasteiger partial charge in [0.15, 0.2) is 0 Å². The number of aromatic nitrogens is 1. The first-order valence-corrected chi connectivity index (χ1v) is 8.72. The Morgan fingerprint density at radius 1 is 1.25 bits per heavy atom. The third kappa shape index (κ3) is 2.92. The molecule has 24 heavy (non-hydrogen) atoms. The molecular weight excluding hydrogens is 300 g/mol. The Morgan fingerprint density at radius 3 is 2.88 bits per heavy atom. The molecule has 1 fully saturated rings. The van der Waals surface area contributed by atoms with Crippen LogP contribution in [0.5, 0.6) is 5.75 Å². The molecule has 0 aliphatic carbocycles. The number of piperidine rings is 1. The van der Waals surface area contributed by atoms with Crippen LogP contribution < -0.4 is 4.74 Å². The molecule has 0 amide bonds. The zero-order chi connectivity index (χ0) is 16.4. The van der Waals surface area contributed by atoms with Crippen LogP contribution in [0.4, 0.5) is 0 Å². The van der Waals surface area contributed by atoms with Crippen molar-refractivity contribution in [2.45, 2.75) is 31.4 Å². The molecule has 0 unspecified atom stereocenters. The first-order chi connectivity index (χ1) is 11.8. The maximum absolute atomic E-state index is 6.33. The average Bonchev–Trinajstić information content (AvgIpc) is 2.64. The lowest BCUT2D eigenvalue weighted by Crippen LogP contribution is -2.46. The lowest BCUT2D eigenvalue weighted by atomic mass is 9.79. The second-order valence-corrected chi connectivity index (χ2v) is 6.75. The lowest BCUT2D eigenvalue weighted by molar-refractivity contribution is -0.0989. The third-order valence-electron chi connectivity index (χ3n) is 5.35. The van der Waals surface area contributed by atoms with Gasteiger partial charge in [0.25, 0.3) is 0 Å². The van der Waals surface area contributed by atoms with E-state index in [1.54, 1.807) is 7.11 Å². The van der Waals surface area contributed by atoms with E-state index >= 15 is 0 Å². The van der Waals surface area contributed by atoms with Crippen molar-refractivity contribution >= 4 is 0 Å². The Bertz CT molecular complexity index is 694. The van der Waals surface area contributed by atoms with Gasteiger partial charge in [0.1, 0.15) is 5.75 Å². The molecule has 2 aliphatic rings. The first-order valence-electron chi connectivity index (χ1n) is 8.72. The van der Waals surface area contributed by atoms with Crippen molar-refractivity contribution in [2.24, 2.45) is 0 Å². The van der Waals surface area contributed by atoms with Crippen LogP contribution in [0.3, 0.4) is 0 Å². The summed E-state index contributed by atoms with van der Waals surface area (Å²) in [6.45, 7) is 3.89. The van der Waals surface area contributed by atoms with Gasteiger partial charge in [-0.2, -0.15) is 0 Å². The van der Waals surface area contributed by atoms with Crippen molar-refractivity contribution in [2.75, 3.05) is 26.8 Å². The molecule has 1 spiro atoms. The van der Waals surface area contributed by atoms with Gasteiger partial charge in [0.2, 0.25) is 0 Å². The second kappa shape index (κ2) is 6.54. The maximum atomic E-state index is 6.33. The van der Waals surface area contributed by atoms with Crippen LogP contribution in [0.15, 0.2) is 42.7 Å². The van der Waals surface area contributed by atoms with E-state index in [2.05, 4.69) is 34.1 Å². The van der Waals surface area contributed by atoms with Gasteiger partial charge in [-0.3, -0.25) is 9.88 Å². The van der Waals surface area contributed by atoms with Crippen molar-refractivity contribution in [1.29, 1.82) is 0 Å². The largest absolute Gasteiger partial charge is 0.497 e. The van der Waals surface area contributed by atoms with E-state index in [-0.39, 0.29) is 5.60 Å². The number of nitrogens with zero attached hydrogens (tertiary/aromatic N) is 2. The Balaban J connectivity index is 1.49. The summed E-state index contributed by atoms with van der Waals surface area (Å²) in [5.41, 5.74) is 3.94. The molecule has 0 N–H and O–H groups in total. The highest BCUT2D eigenvalue weighted by Crippen LogP contribution is 2.42. The zero-order valence-corrected chi connectivity index (χ0v) is 14.2. The lowest BCUT2D eigenvalue weighted by Gasteiger charge is -2.45. The van der Waals surface area contributed by atoms with Crippen LogP contribution in [-0.2, 0) is 23.3 Å². The quantitative estimate of drug-likeness (QED) is 0.869. The highest BCUT2D eigenvalue weighted by molar-refractivity contribution is 5.41. The van der Waals surface area contributed by atoms with E-state index in [1.807, 2.05) is 18.5 Å². The molecule has 4 heteroatoms. The number of pyridine rings is 1. The summed E-state index contributed by atoms with van der Waals surface area (Å²) in [5.74, 6) is 0.944. The van der Waals surface area contributed by atoms with E-state index in [9.17, 15) is 0 Å². The van der Waals surface area contributed by atoms with Crippen molar-refractivity contribution < 1.29 is 9.47 Å². The van der Waals surface area contributed by atoms with Crippen LogP contribution in [0, 0.1) is 0 Å². The number of rotatable bonds is 3. The minimum Gasteiger partial charge on any atom is -0.497 e. The fourth-order valence-corrected chi connectivity index (χ4v) is 4.02. The summed E-state index contributed by atoms with van der Waals surface area (Å²) in [6.07, 6.45) is 6.87. The molecule has 1 aromatic heterocycles. The topological polar surface area (TPSA) is 34.6 Å². The van der Waals surface area contributed by atoms with Gasteiger partial charge in [-0.15, -0.1) is 0 Å². The first kappa shape index (κ1) is 15.6. The number of likely N-dealkylation sites (tertiary alicyclic amines) is 1. The molecule has 2 aromatic rings. The average molecular weight is 324 g/mol. The Kier molecular flexibility index (Phi) is 4.25. The van der Waals surface area contributed by atoms with Gasteiger partial charge in [0, 0.05) is 32.0 Å². The Morgan fingerprint density at radius 2 is 2.12 bits per heavy atom. The van der Waals surface area contributed by atoms with E-state index in [4.69, 9.17) is 9.47 Å². The minimum absolute atomic E-state index is 0.106. The van der Waals surface area contributed by atoms with Gasteiger partial charge in [-0.25, -0.2) is 0 Å². The molecule has 126 valence electrons. The molecule has 0 radical (unpaired) electrons. The van der Waals surface area contributed by atoms with Crippen molar-refractivity contribution in [1.82, 2.24) is 9.88 Å². The molecule has 0 saturated carbocycles. The number of benzene rings is 1. The van der Waals surface area contributed by atoms with Crippen molar-refractivity contribution in [3.05, 3.63) is 59.4 Å². The fourth-order valence-electron chi connectivity index (χ4n) is 4.02. The van der Waals surface area contributed by atoms with Crippen molar-refractivity contribution in [3.8, 4) is 5.75 Å². The maximum Gasteiger partial charge on any atom is 0.119 e. The predicted octanol–water partition coefficient (Wildman–Crippen LogP) is 3.15. The number of methoxy groups -OCH3 is 1. The van der Waals surface area contributed by atoms with E-state index < -0.39 is 0 Å². The summed E-state index contributed by atoms with van der Waals surface area (Å²) in [6, 6.07) is 10.6. The number of fused-ring (bicyclic) bond motifs is 2. The van der Waals surface area contributed by atoms with Gasteiger partial charge in [-0.05, 0) is 54.2 Å². The monoisotopic (exact) mass is 324 g/mol. The van der Waals surface area contributed by atoms with E-state index in [1.165, 1.54) is 16.7 Å². The molecule has 4 nitrogen and oxygen atoms in total. The zero-order valence-electron chi connectivity index (χ0n) is 14.2. The predicted molar refractivity (Wildman–Crippen MR) is 93.1 cm³/mol. The smallest absolute Gasteiger partial charge is 0.119 e. The van der Waals surface area contributed by atoms with Crippen molar-refractivity contribution in [3.63, 3.8) is 0 Å². The summed E-state index contributed by atoms with van der Waals surface area (Å²) < 4.78 is 11.7. The normalized spacial score (nSPS) is 19.9. The SMILES string of the molecule is COc1ccc2c(c1)CCOC21CCN(Cc2cccnc2)CC1. The summed E-state index contributed by atoms with van der Waals surface area (Å²) >= 11 is 0. The highest BCUT2D eigenvalue weighted by Gasteiger charge is 2.40. The van der Waals surface area contributed by atoms with E-state index in [0.717, 1.165) is 51.3 Å². The molecule has 1 aromatic carbocycles. The van der Waals surface area contributed by atoms with Crippen LogP contribution >= 0.6 is 0 Å². The molecular formula is C20H24N2O2. The standard InChI is InChI=1S/C20H24N2O2/c1-23-18-4-5-19-17(13-18)6-12-24-20(19)7-10-22(11-8-20)15-16-3-2-9-21-14-16/h2-5,9,13-14H,6-8,10-12,15H2,1H3. The Labute approximate surface area is 143 Å². The van der Waals surface area contributed by atoms with E-state index in [0.29, 0.717) is 0 Å². The summed E-state index contributed by atoms with van der Waals surface area (Å²) in [5, 5.41) is 0. The van der Waals surface area contributed by atoms with Gasteiger partial charge in [0.05, 0.1) is 19.3 Å². The number of hydrogen-bond acceptors (Lipinski definition) is 4. The van der Waals surface area contributed by atoms with Gasteiger partial charge < -0.3 is 9.47 Å². The van der Waals surface area contributed by atoms with Crippen LogP contribution in [0.1, 0.15) is 29.5 Å². The molecule has 3 heterocycles. The van der Waals surface area contributed by atoms with Crippen LogP contribution in [0.25, 0.3) is 0 Å². The molecule has 2 aliphatic heterocycles. The minimum atomic E-state index is -0.106. The molecule has 4 rings (SSSR count). The molecule has 1 saturated heterocycles. The summed E-state index contributed by atoms with van der Waals surface area (Å²) in [7, 11) is 1.73.